The Morgan fingerprint density at radius 2 is 1.67 bits per heavy atom. The molecule has 3 rings (SSSR count). The molecule has 1 heterocycles. The first-order valence-electron chi connectivity index (χ1n) is 7.34. The molecular formula is C17H9Cl2F4N3O. The molecule has 0 spiro atoms. The van der Waals surface area contributed by atoms with Gasteiger partial charge in [0.25, 0.3) is 5.91 Å². The van der Waals surface area contributed by atoms with Crippen molar-refractivity contribution in [3.63, 3.8) is 0 Å². The van der Waals surface area contributed by atoms with Crippen LogP contribution in [0.3, 0.4) is 0 Å². The van der Waals surface area contributed by atoms with Crippen molar-refractivity contribution in [3.05, 3.63) is 75.8 Å². The van der Waals surface area contributed by atoms with Gasteiger partial charge in [0.1, 0.15) is 5.82 Å². The second-order valence-electron chi connectivity index (χ2n) is 5.37. The summed E-state index contributed by atoms with van der Waals surface area (Å²) in [5.41, 5.74) is -2.30. The number of halogens is 6. The average molecular weight is 418 g/mol. The molecule has 0 atom stereocenters. The molecule has 1 amide bonds. The first-order valence-corrected chi connectivity index (χ1v) is 8.10. The molecule has 3 aromatic rings. The lowest BCUT2D eigenvalue weighted by Gasteiger charge is -2.13. The van der Waals surface area contributed by atoms with Crippen LogP contribution in [-0.2, 0) is 6.18 Å². The topological polar surface area (TPSA) is 46.9 Å². The van der Waals surface area contributed by atoms with Gasteiger partial charge in [-0.2, -0.15) is 18.3 Å². The van der Waals surface area contributed by atoms with Gasteiger partial charge in [0.2, 0.25) is 0 Å². The molecule has 0 aliphatic rings. The predicted octanol–water partition coefficient (Wildman–Crippen LogP) is 5.59. The van der Waals surface area contributed by atoms with Crippen LogP contribution in [0, 0.1) is 5.82 Å². The Kier molecular flexibility index (Phi) is 5.12. The van der Waals surface area contributed by atoms with Crippen molar-refractivity contribution < 1.29 is 22.4 Å². The fraction of sp³-hybridized carbons (Fsp3) is 0.0588. The van der Waals surface area contributed by atoms with E-state index in [1.54, 1.807) is 0 Å². The molecule has 0 bridgehead atoms. The normalized spacial score (nSPS) is 11.5. The van der Waals surface area contributed by atoms with Crippen molar-refractivity contribution in [2.45, 2.75) is 6.18 Å². The van der Waals surface area contributed by atoms with E-state index in [1.165, 1.54) is 30.3 Å². The highest BCUT2D eigenvalue weighted by atomic mass is 35.5. The second kappa shape index (κ2) is 7.21. The lowest BCUT2D eigenvalue weighted by Crippen LogP contribution is -2.21. The van der Waals surface area contributed by atoms with Crippen LogP contribution in [-0.4, -0.2) is 15.7 Å². The molecule has 10 heteroatoms. The Labute approximate surface area is 160 Å². The van der Waals surface area contributed by atoms with Crippen LogP contribution < -0.4 is 5.32 Å². The number of hydrogen-bond acceptors (Lipinski definition) is 2. The number of alkyl halides is 3. The number of aromatic nitrogens is 2. The van der Waals surface area contributed by atoms with Crippen LogP contribution in [0.5, 0.6) is 0 Å². The molecule has 0 saturated heterocycles. The summed E-state index contributed by atoms with van der Waals surface area (Å²) in [7, 11) is 0. The van der Waals surface area contributed by atoms with Crippen molar-refractivity contribution in [2.24, 2.45) is 0 Å². The summed E-state index contributed by atoms with van der Waals surface area (Å²) >= 11 is 11.4. The molecule has 0 aliphatic carbocycles. The Bertz CT molecular complexity index is 1000. The number of benzene rings is 2. The molecule has 2 aromatic carbocycles. The van der Waals surface area contributed by atoms with Crippen molar-refractivity contribution in [1.29, 1.82) is 0 Å². The van der Waals surface area contributed by atoms with Gasteiger partial charge >= 0.3 is 6.18 Å². The van der Waals surface area contributed by atoms with Crippen molar-refractivity contribution in [1.82, 2.24) is 9.78 Å². The summed E-state index contributed by atoms with van der Waals surface area (Å²) in [6.07, 6.45) is -4.12. The van der Waals surface area contributed by atoms with E-state index in [4.69, 9.17) is 23.2 Å². The Hall–Kier alpha value is -2.58. The van der Waals surface area contributed by atoms with E-state index in [2.05, 4.69) is 10.4 Å². The minimum atomic E-state index is -4.89. The number of carbonyl (C=O) groups excluding carboxylic acids is 1. The first kappa shape index (κ1) is 19.2. The molecule has 0 fully saturated rings. The highest BCUT2D eigenvalue weighted by Gasteiger charge is 2.40. The van der Waals surface area contributed by atoms with Gasteiger partial charge in [0.15, 0.2) is 5.69 Å². The third-order valence-corrected chi connectivity index (χ3v) is 4.02. The maximum Gasteiger partial charge on any atom is 0.434 e. The largest absolute Gasteiger partial charge is 0.434 e. The zero-order valence-electron chi connectivity index (χ0n) is 13.2. The first-order chi connectivity index (χ1) is 12.7. The zero-order chi connectivity index (χ0) is 19.8. The smallest absolute Gasteiger partial charge is 0.319 e. The maximum atomic E-state index is 13.8. The van der Waals surface area contributed by atoms with Gasteiger partial charge in [-0.3, -0.25) is 4.79 Å². The standard InChI is InChI=1S/C17H9Cl2F4N3O/c18-9-1-4-11(5-2-9)26-15(17(21,22)23)12(8-24-26)16(27)25-14-6-3-10(19)7-13(14)20/h1-8H,(H,25,27). The predicted molar refractivity (Wildman–Crippen MR) is 92.9 cm³/mol. The molecule has 0 saturated carbocycles. The highest BCUT2D eigenvalue weighted by Crippen LogP contribution is 2.34. The zero-order valence-corrected chi connectivity index (χ0v) is 14.7. The van der Waals surface area contributed by atoms with Crippen LogP contribution in [0.15, 0.2) is 48.7 Å². The summed E-state index contributed by atoms with van der Waals surface area (Å²) in [6, 6.07) is 8.80. The van der Waals surface area contributed by atoms with Crippen LogP contribution in [0.4, 0.5) is 23.2 Å². The molecule has 27 heavy (non-hydrogen) atoms. The van der Waals surface area contributed by atoms with Gasteiger partial charge in [0, 0.05) is 10.0 Å². The quantitative estimate of drug-likeness (QED) is 0.564. The van der Waals surface area contributed by atoms with E-state index in [9.17, 15) is 22.4 Å². The third-order valence-electron chi connectivity index (χ3n) is 3.53. The van der Waals surface area contributed by atoms with Crippen molar-refractivity contribution in [2.75, 3.05) is 5.32 Å². The molecule has 4 nitrogen and oxygen atoms in total. The summed E-state index contributed by atoms with van der Waals surface area (Å²) < 4.78 is 55.1. The van der Waals surface area contributed by atoms with Gasteiger partial charge in [0.05, 0.1) is 23.1 Å². The van der Waals surface area contributed by atoms with E-state index < -0.39 is 29.2 Å². The van der Waals surface area contributed by atoms with E-state index in [-0.39, 0.29) is 16.4 Å². The van der Waals surface area contributed by atoms with Crippen LogP contribution in [0.2, 0.25) is 10.0 Å². The third kappa shape index (κ3) is 4.06. The summed E-state index contributed by atoms with van der Waals surface area (Å²) in [6.45, 7) is 0. The van der Waals surface area contributed by atoms with Crippen LogP contribution in [0.25, 0.3) is 5.69 Å². The average Bonchev–Trinajstić information content (AvgIpc) is 3.03. The maximum absolute atomic E-state index is 13.8. The van der Waals surface area contributed by atoms with Crippen molar-refractivity contribution >= 4 is 34.8 Å². The van der Waals surface area contributed by atoms with E-state index >= 15 is 0 Å². The lowest BCUT2D eigenvalue weighted by atomic mass is 10.2. The number of amides is 1. The molecule has 1 N–H and O–H groups in total. The Morgan fingerprint density at radius 3 is 2.26 bits per heavy atom. The molecule has 0 unspecified atom stereocenters. The van der Waals surface area contributed by atoms with Gasteiger partial charge < -0.3 is 5.32 Å². The minimum Gasteiger partial charge on any atom is -0.319 e. The summed E-state index contributed by atoms with van der Waals surface area (Å²) in [5.74, 6) is -2.04. The van der Waals surface area contributed by atoms with Gasteiger partial charge in [-0.05, 0) is 42.5 Å². The number of rotatable bonds is 3. The molecular weight excluding hydrogens is 409 g/mol. The highest BCUT2D eigenvalue weighted by molar-refractivity contribution is 6.31. The van der Waals surface area contributed by atoms with Gasteiger partial charge in [-0.1, -0.05) is 23.2 Å². The van der Waals surface area contributed by atoms with E-state index in [0.717, 1.165) is 18.3 Å². The van der Waals surface area contributed by atoms with E-state index in [1.807, 2.05) is 0 Å². The van der Waals surface area contributed by atoms with Gasteiger partial charge in [-0.25, -0.2) is 9.07 Å². The fourth-order valence-corrected chi connectivity index (χ4v) is 2.63. The SMILES string of the molecule is O=C(Nc1ccc(Cl)cc1F)c1cnn(-c2ccc(Cl)cc2)c1C(F)(F)F. The Balaban J connectivity index is 2.02. The van der Waals surface area contributed by atoms with Crippen molar-refractivity contribution in [3.8, 4) is 5.69 Å². The molecule has 0 aliphatic heterocycles. The molecule has 0 radical (unpaired) electrons. The van der Waals surface area contributed by atoms with Crippen LogP contribution in [0.1, 0.15) is 16.1 Å². The number of nitrogens with zero attached hydrogens (tertiary/aromatic N) is 2. The monoisotopic (exact) mass is 417 g/mol. The summed E-state index contributed by atoms with van der Waals surface area (Å²) in [5, 5.41) is 6.16. The fourth-order valence-electron chi connectivity index (χ4n) is 2.35. The summed E-state index contributed by atoms with van der Waals surface area (Å²) in [4.78, 5) is 12.3. The molecule has 140 valence electrons. The number of anilines is 1. The number of hydrogen-bond donors (Lipinski definition) is 1. The van der Waals surface area contributed by atoms with E-state index in [0.29, 0.717) is 9.70 Å². The Morgan fingerprint density at radius 1 is 1.04 bits per heavy atom. The lowest BCUT2D eigenvalue weighted by molar-refractivity contribution is -0.143. The number of nitrogens with one attached hydrogen (secondary N) is 1. The van der Waals surface area contributed by atoms with Crippen LogP contribution >= 0.6 is 23.2 Å². The molecule has 1 aromatic heterocycles. The van der Waals surface area contributed by atoms with Gasteiger partial charge in [-0.15, -0.1) is 0 Å². The minimum absolute atomic E-state index is 0.0587. The number of carbonyl (C=O) groups is 1. The second-order valence-corrected chi connectivity index (χ2v) is 6.24.